The third-order valence-electron chi connectivity index (χ3n) is 3.39. The number of rotatable bonds is 6. The molecule has 1 amide bonds. The molecule has 7 nitrogen and oxygen atoms in total. The predicted octanol–water partition coefficient (Wildman–Crippen LogP) is 4.33. The molecule has 0 unspecified atom stereocenters. The molecule has 2 rings (SSSR count). The second kappa shape index (κ2) is 8.12. The molecule has 0 radical (unpaired) electrons. The van der Waals surface area contributed by atoms with Crippen LogP contribution in [0.2, 0.25) is 5.02 Å². The smallest absolute Gasteiger partial charge is 0.417 e. The summed E-state index contributed by atoms with van der Waals surface area (Å²) < 4.78 is 43.5. The highest BCUT2D eigenvalue weighted by atomic mass is 35.5. The van der Waals surface area contributed by atoms with Gasteiger partial charge in [-0.05, 0) is 24.3 Å². The van der Waals surface area contributed by atoms with Crippen LogP contribution in [0.5, 0.6) is 5.75 Å². The van der Waals surface area contributed by atoms with Gasteiger partial charge in [-0.15, -0.1) is 0 Å². The number of benzene rings is 2. The van der Waals surface area contributed by atoms with Crippen molar-refractivity contribution in [3.8, 4) is 5.75 Å². The average molecular weight is 404 g/mol. The maximum absolute atomic E-state index is 12.8. The first-order valence-electron chi connectivity index (χ1n) is 7.34. The van der Waals surface area contributed by atoms with Crippen molar-refractivity contribution in [3.63, 3.8) is 0 Å². The Bertz CT molecular complexity index is 874. The number of amides is 1. The number of carbonyl (C=O) groups excluding carboxylic acids is 1. The van der Waals surface area contributed by atoms with Gasteiger partial charge in [0.2, 0.25) is 5.91 Å². The molecule has 0 heterocycles. The number of non-ortho nitro benzene ring substituents is 1. The van der Waals surface area contributed by atoms with Crippen LogP contribution in [0.15, 0.2) is 36.4 Å². The molecular formula is C16H13ClF3N3O4. The lowest BCUT2D eigenvalue weighted by molar-refractivity contribution is -0.384. The monoisotopic (exact) mass is 403 g/mol. The first-order chi connectivity index (χ1) is 12.6. The molecule has 0 bridgehead atoms. The van der Waals surface area contributed by atoms with Gasteiger partial charge in [0, 0.05) is 11.8 Å². The van der Waals surface area contributed by atoms with Gasteiger partial charge in [0.1, 0.15) is 5.75 Å². The summed E-state index contributed by atoms with van der Waals surface area (Å²) in [6.45, 7) is -0.348. The van der Waals surface area contributed by atoms with E-state index >= 15 is 0 Å². The van der Waals surface area contributed by atoms with Crippen molar-refractivity contribution >= 4 is 34.6 Å². The Morgan fingerprint density at radius 2 is 1.96 bits per heavy atom. The van der Waals surface area contributed by atoms with Gasteiger partial charge >= 0.3 is 6.18 Å². The zero-order valence-corrected chi connectivity index (χ0v) is 14.5. The van der Waals surface area contributed by atoms with Gasteiger partial charge in [-0.2, -0.15) is 13.2 Å². The third-order valence-corrected chi connectivity index (χ3v) is 3.72. The van der Waals surface area contributed by atoms with Crippen LogP contribution >= 0.6 is 11.6 Å². The maximum atomic E-state index is 12.8. The minimum Gasteiger partial charge on any atom is -0.494 e. The molecule has 0 spiro atoms. The summed E-state index contributed by atoms with van der Waals surface area (Å²) in [5.74, 6) is -0.519. The Kier molecular flexibility index (Phi) is 6.11. The number of ether oxygens (including phenoxy) is 1. The Labute approximate surface area is 156 Å². The molecule has 0 aliphatic rings. The molecule has 0 aliphatic carbocycles. The number of anilines is 2. The molecule has 27 heavy (non-hydrogen) atoms. The van der Waals surface area contributed by atoms with Gasteiger partial charge in [0.05, 0.1) is 40.9 Å². The standard InChI is InChI=1S/C16H13ClF3N3O4/c1-27-14-7-10(23(25)26)3-5-13(14)22-15(24)8-21-9-2-4-12(17)11(6-9)16(18,19)20/h2-7,21H,8H2,1H3,(H,22,24). The summed E-state index contributed by atoms with van der Waals surface area (Å²) in [4.78, 5) is 22.1. The number of methoxy groups -OCH3 is 1. The van der Waals surface area contributed by atoms with Crippen LogP contribution in [0.25, 0.3) is 0 Å². The van der Waals surface area contributed by atoms with E-state index in [0.29, 0.717) is 0 Å². The molecule has 144 valence electrons. The number of halogens is 4. The van der Waals surface area contributed by atoms with Crippen molar-refractivity contribution in [2.24, 2.45) is 0 Å². The highest BCUT2D eigenvalue weighted by Gasteiger charge is 2.33. The SMILES string of the molecule is COc1cc([N+](=O)[O-])ccc1NC(=O)CNc1ccc(Cl)c(C(F)(F)F)c1. The Morgan fingerprint density at radius 1 is 1.26 bits per heavy atom. The molecule has 2 aromatic carbocycles. The molecule has 0 saturated carbocycles. The zero-order valence-electron chi connectivity index (χ0n) is 13.8. The molecule has 2 aromatic rings. The van der Waals surface area contributed by atoms with E-state index in [1.807, 2.05) is 0 Å². The van der Waals surface area contributed by atoms with Crippen LogP contribution < -0.4 is 15.4 Å². The second-order valence-electron chi connectivity index (χ2n) is 5.24. The van der Waals surface area contributed by atoms with E-state index < -0.39 is 27.6 Å². The number of hydrogen-bond acceptors (Lipinski definition) is 5. The molecule has 0 atom stereocenters. The van der Waals surface area contributed by atoms with E-state index in [9.17, 15) is 28.1 Å². The number of hydrogen-bond donors (Lipinski definition) is 2. The highest BCUT2D eigenvalue weighted by Crippen LogP contribution is 2.36. The van der Waals surface area contributed by atoms with E-state index in [1.54, 1.807) is 0 Å². The minimum absolute atomic E-state index is 0.0533. The number of nitro benzene ring substituents is 1. The number of carbonyl (C=O) groups is 1. The summed E-state index contributed by atoms with van der Waals surface area (Å²) in [5.41, 5.74) is -1.00. The van der Waals surface area contributed by atoms with Crippen LogP contribution in [-0.4, -0.2) is 24.5 Å². The van der Waals surface area contributed by atoms with Crippen molar-refractivity contribution in [2.75, 3.05) is 24.3 Å². The quantitative estimate of drug-likeness (QED) is 0.553. The van der Waals surface area contributed by atoms with E-state index in [4.69, 9.17) is 16.3 Å². The summed E-state index contributed by atoms with van der Waals surface area (Å²) >= 11 is 5.53. The molecule has 0 saturated heterocycles. The van der Waals surface area contributed by atoms with Crippen molar-refractivity contribution < 1.29 is 27.6 Å². The van der Waals surface area contributed by atoms with Crippen LogP contribution in [0.4, 0.5) is 30.2 Å². The fraction of sp³-hybridized carbons (Fsp3) is 0.188. The summed E-state index contributed by atoms with van der Waals surface area (Å²) in [7, 11) is 1.28. The van der Waals surface area contributed by atoms with Gasteiger partial charge < -0.3 is 15.4 Å². The van der Waals surface area contributed by atoms with Crippen LogP contribution in [0.1, 0.15) is 5.56 Å². The van der Waals surface area contributed by atoms with E-state index in [1.165, 1.54) is 25.3 Å². The lowest BCUT2D eigenvalue weighted by atomic mass is 10.2. The lowest BCUT2D eigenvalue weighted by Crippen LogP contribution is -2.22. The molecular weight excluding hydrogens is 391 g/mol. The first-order valence-corrected chi connectivity index (χ1v) is 7.72. The Balaban J connectivity index is 2.06. The number of alkyl halides is 3. The highest BCUT2D eigenvalue weighted by molar-refractivity contribution is 6.31. The van der Waals surface area contributed by atoms with Gasteiger partial charge in [-0.3, -0.25) is 14.9 Å². The molecule has 0 fully saturated rings. The Hall–Kier alpha value is -3.01. The van der Waals surface area contributed by atoms with Crippen molar-refractivity contribution in [1.29, 1.82) is 0 Å². The molecule has 2 N–H and O–H groups in total. The van der Waals surface area contributed by atoms with Crippen molar-refractivity contribution in [3.05, 3.63) is 57.1 Å². The van der Waals surface area contributed by atoms with E-state index in [2.05, 4.69) is 10.6 Å². The van der Waals surface area contributed by atoms with Gasteiger partial charge in [-0.25, -0.2) is 0 Å². The lowest BCUT2D eigenvalue weighted by Gasteiger charge is -2.13. The van der Waals surface area contributed by atoms with Gasteiger partial charge in [0.15, 0.2) is 0 Å². The van der Waals surface area contributed by atoms with Crippen LogP contribution in [-0.2, 0) is 11.0 Å². The third kappa shape index (κ3) is 5.23. The predicted molar refractivity (Wildman–Crippen MR) is 93.2 cm³/mol. The van der Waals surface area contributed by atoms with Crippen LogP contribution in [0.3, 0.4) is 0 Å². The average Bonchev–Trinajstić information content (AvgIpc) is 2.60. The fourth-order valence-corrected chi connectivity index (χ4v) is 2.35. The first kappa shape index (κ1) is 20.3. The van der Waals surface area contributed by atoms with Crippen molar-refractivity contribution in [2.45, 2.75) is 6.18 Å². The molecule has 0 aliphatic heterocycles. The fourth-order valence-electron chi connectivity index (χ4n) is 2.13. The summed E-state index contributed by atoms with van der Waals surface area (Å²) in [5, 5.41) is 15.3. The van der Waals surface area contributed by atoms with E-state index in [-0.39, 0.29) is 29.4 Å². The Morgan fingerprint density at radius 3 is 2.56 bits per heavy atom. The van der Waals surface area contributed by atoms with E-state index in [0.717, 1.165) is 18.2 Å². The maximum Gasteiger partial charge on any atom is 0.417 e. The summed E-state index contributed by atoms with van der Waals surface area (Å²) in [6, 6.07) is 6.78. The van der Waals surface area contributed by atoms with Gasteiger partial charge in [0.25, 0.3) is 5.69 Å². The summed E-state index contributed by atoms with van der Waals surface area (Å²) in [6.07, 6.45) is -4.62. The second-order valence-corrected chi connectivity index (χ2v) is 5.64. The molecule has 11 heteroatoms. The van der Waals surface area contributed by atoms with Gasteiger partial charge in [-0.1, -0.05) is 11.6 Å². The number of nitrogens with one attached hydrogen (secondary N) is 2. The molecule has 0 aromatic heterocycles. The normalized spacial score (nSPS) is 11.0. The zero-order chi connectivity index (χ0) is 20.2. The van der Waals surface area contributed by atoms with Crippen LogP contribution in [0, 0.1) is 10.1 Å². The minimum atomic E-state index is -4.62. The van der Waals surface area contributed by atoms with Crippen molar-refractivity contribution in [1.82, 2.24) is 0 Å². The number of nitrogens with zero attached hydrogens (tertiary/aromatic N) is 1. The topological polar surface area (TPSA) is 93.5 Å². The number of nitro groups is 1. The largest absolute Gasteiger partial charge is 0.494 e.